The molecule has 1 saturated heterocycles. The molecule has 0 aliphatic carbocycles. The molecule has 27 heavy (non-hydrogen) atoms. The van der Waals surface area contributed by atoms with E-state index in [2.05, 4.69) is 0 Å². The van der Waals surface area contributed by atoms with Crippen molar-refractivity contribution in [3.05, 3.63) is 23.8 Å². The Morgan fingerprint density at radius 1 is 1.33 bits per heavy atom. The molecule has 1 fully saturated rings. The third-order valence-electron chi connectivity index (χ3n) is 4.57. The molecule has 1 aromatic rings. The number of cyclic esters (lactones) is 1. The SMILES string of the molecule is CCCCOC(=O)[C@H]1CN(c2ccc3c(c2)C(F)(F)C(=O)N3CC)C(=O)O1. The first-order chi connectivity index (χ1) is 12.8. The number of ether oxygens (including phenoxy) is 2. The number of anilines is 2. The molecule has 2 aliphatic heterocycles. The minimum Gasteiger partial charge on any atom is -0.463 e. The highest BCUT2D eigenvalue weighted by molar-refractivity contribution is 6.06. The predicted octanol–water partition coefficient (Wildman–Crippen LogP) is 2.81. The Morgan fingerprint density at radius 2 is 2.07 bits per heavy atom. The fraction of sp³-hybridized carbons (Fsp3) is 0.500. The molecule has 0 unspecified atom stereocenters. The summed E-state index contributed by atoms with van der Waals surface area (Å²) in [6.45, 7) is 3.74. The van der Waals surface area contributed by atoms with Crippen molar-refractivity contribution in [2.75, 3.05) is 29.5 Å². The monoisotopic (exact) mass is 382 g/mol. The van der Waals surface area contributed by atoms with Crippen LogP contribution in [0.4, 0.5) is 25.0 Å². The molecule has 0 bridgehead atoms. The van der Waals surface area contributed by atoms with Gasteiger partial charge in [0.05, 0.1) is 24.4 Å². The van der Waals surface area contributed by atoms with E-state index in [0.717, 1.165) is 22.3 Å². The van der Waals surface area contributed by atoms with E-state index in [-0.39, 0.29) is 31.1 Å². The molecule has 3 rings (SSSR count). The number of alkyl halides is 2. The van der Waals surface area contributed by atoms with Gasteiger partial charge >= 0.3 is 23.9 Å². The van der Waals surface area contributed by atoms with Crippen molar-refractivity contribution in [3.8, 4) is 0 Å². The van der Waals surface area contributed by atoms with Crippen LogP contribution in [0.2, 0.25) is 0 Å². The molecule has 2 heterocycles. The van der Waals surface area contributed by atoms with Crippen LogP contribution in [-0.2, 0) is 25.0 Å². The van der Waals surface area contributed by atoms with Crippen molar-refractivity contribution in [2.45, 2.75) is 38.7 Å². The maximum atomic E-state index is 14.3. The Hall–Kier alpha value is -2.71. The molecule has 146 valence electrons. The van der Waals surface area contributed by atoms with Gasteiger partial charge in [-0.15, -0.1) is 0 Å². The zero-order chi connectivity index (χ0) is 19.8. The normalized spacial score (nSPS) is 20.7. The molecule has 0 saturated carbocycles. The summed E-state index contributed by atoms with van der Waals surface area (Å²) in [5, 5.41) is 0. The molecule has 0 radical (unpaired) electrons. The number of carbonyl (C=O) groups is 3. The fourth-order valence-electron chi connectivity index (χ4n) is 3.09. The van der Waals surface area contributed by atoms with E-state index in [1.54, 1.807) is 6.92 Å². The van der Waals surface area contributed by atoms with Gasteiger partial charge in [0.15, 0.2) is 0 Å². The summed E-state index contributed by atoms with van der Waals surface area (Å²) in [6, 6.07) is 3.91. The number of likely N-dealkylation sites (N-methyl/N-ethyl adjacent to an activating group) is 1. The molecule has 0 N–H and O–H groups in total. The minimum atomic E-state index is -3.66. The molecule has 2 amide bonds. The molecular weight excluding hydrogens is 362 g/mol. The Labute approximate surface area is 154 Å². The van der Waals surface area contributed by atoms with Crippen LogP contribution >= 0.6 is 0 Å². The highest BCUT2D eigenvalue weighted by Crippen LogP contribution is 2.45. The van der Waals surface area contributed by atoms with E-state index in [1.807, 2.05) is 6.92 Å². The van der Waals surface area contributed by atoms with Gasteiger partial charge in [-0.3, -0.25) is 9.69 Å². The average molecular weight is 382 g/mol. The van der Waals surface area contributed by atoms with Gasteiger partial charge in [-0.1, -0.05) is 13.3 Å². The summed E-state index contributed by atoms with van der Waals surface area (Å²) in [5.41, 5.74) is -0.221. The second kappa shape index (κ2) is 7.13. The molecule has 7 nitrogen and oxygen atoms in total. The quantitative estimate of drug-likeness (QED) is 0.559. The van der Waals surface area contributed by atoms with Crippen molar-refractivity contribution in [3.63, 3.8) is 0 Å². The lowest BCUT2D eigenvalue weighted by atomic mass is 10.1. The topological polar surface area (TPSA) is 76.2 Å². The van der Waals surface area contributed by atoms with Crippen LogP contribution in [0, 0.1) is 0 Å². The number of hydrogen-bond donors (Lipinski definition) is 0. The van der Waals surface area contributed by atoms with Gasteiger partial charge in [0.25, 0.3) is 0 Å². The summed E-state index contributed by atoms with van der Waals surface area (Å²) < 4.78 is 38.7. The Morgan fingerprint density at radius 3 is 2.74 bits per heavy atom. The van der Waals surface area contributed by atoms with Gasteiger partial charge in [0.2, 0.25) is 6.10 Å². The lowest BCUT2D eigenvalue weighted by Crippen LogP contribution is -2.34. The second-order valence-corrected chi connectivity index (χ2v) is 6.33. The maximum absolute atomic E-state index is 14.3. The first-order valence-corrected chi connectivity index (χ1v) is 8.80. The van der Waals surface area contributed by atoms with Crippen LogP contribution in [-0.4, -0.2) is 43.8 Å². The molecule has 2 aliphatic rings. The highest BCUT2D eigenvalue weighted by atomic mass is 19.3. The van der Waals surface area contributed by atoms with Gasteiger partial charge in [0.1, 0.15) is 0 Å². The first-order valence-electron chi connectivity index (χ1n) is 8.80. The zero-order valence-electron chi connectivity index (χ0n) is 15.0. The maximum Gasteiger partial charge on any atom is 0.415 e. The fourth-order valence-corrected chi connectivity index (χ4v) is 3.09. The van der Waals surface area contributed by atoms with Crippen molar-refractivity contribution in [1.82, 2.24) is 0 Å². The molecular formula is C18H20F2N2O5. The van der Waals surface area contributed by atoms with Gasteiger partial charge < -0.3 is 14.4 Å². The lowest BCUT2D eigenvalue weighted by molar-refractivity contribution is -0.151. The molecule has 0 spiro atoms. The predicted molar refractivity (Wildman–Crippen MR) is 91.8 cm³/mol. The lowest BCUT2D eigenvalue weighted by Gasteiger charge is -2.16. The molecule has 0 aromatic heterocycles. The summed E-state index contributed by atoms with van der Waals surface area (Å²) >= 11 is 0. The molecule has 1 atom stereocenters. The number of rotatable bonds is 6. The number of benzene rings is 1. The number of unbranched alkanes of at least 4 members (excludes halogenated alkanes) is 1. The third kappa shape index (κ3) is 3.22. The van der Waals surface area contributed by atoms with Crippen LogP contribution < -0.4 is 9.80 Å². The van der Waals surface area contributed by atoms with Gasteiger partial charge in [-0.25, -0.2) is 9.59 Å². The summed E-state index contributed by atoms with van der Waals surface area (Å²) in [5.74, 6) is -5.62. The van der Waals surface area contributed by atoms with Gasteiger partial charge in [-0.2, -0.15) is 8.78 Å². The van der Waals surface area contributed by atoms with Crippen LogP contribution in [0.3, 0.4) is 0 Å². The standard InChI is InChI=1S/C18H20F2N2O5/c1-3-5-8-26-15(23)14-10-22(17(25)27-14)11-6-7-13-12(9-11)18(19,20)16(24)21(13)4-2/h6-7,9,14H,3-5,8,10H2,1-2H3/t14-/m1/s1. The zero-order valence-corrected chi connectivity index (χ0v) is 15.0. The van der Waals surface area contributed by atoms with Crippen molar-refractivity contribution in [2.24, 2.45) is 0 Å². The number of halogens is 2. The van der Waals surface area contributed by atoms with E-state index in [1.165, 1.54) is 12.1 Å². The number of hydrogen-bond acceptors (Lipinski definition) is 5. The summed E-state index contributed by atoms with van der Waals surface area (Å²) in [6.07, 6.45) is -0.400. The van der Waals surface area contributed by atoms with Gasteiger partial charge in [0, 0.05) is 12.2 Å². The summed E-state index contributed by atoms with van der Waals surface area (Å²) in [7, 11) is 0. The highest BCUT2D eigenvalue weighted by Gasteiger charge is 2.52. The van der Waals surface area contributed by atoms with E-state index in [4.69, 9.17) is 9.47 Å². The molecule has 9 heteroatoms. The van der Waals surface area contributed by atoms with Crippen molar-refractivity contribution >= 4 is 29.3 Å². The average Bonchev–Trinajstić information content (AvgIpc) is 3.11. The Balaban J connectivity index is 1.80. The van der Waals surface area contributed by atoms with Crippen LogP contribution in [0.15, 0.2) is 18.2 Å². The van der Waals surface area contributed by atoms with Crippen molar-refractivity contribution < 1.29 is 32.6 Å². The number of esters is 1. The molecule has 1 aromatic carbocycles. The van der Waals surface area contributed by atoms with E-state index in [0.29, 0.717) is 6.42 Å². The second-order valence-electron chi connectivity index (χ2n) is 6.33. The Bertz CT molecular complexity index is 783. The minimum absolute atomic E-state index is 0.109. The number of nitrogens with zero attached hydrogens (tertiary/aromatic N) is 2. The summed E-state index contributed by atoms with van der Waals surface area (Å²) in [4.78, 5) is 38.0. The number of fused-ring (bicyclic) bond motifs is 1. The smallest absolute Gasteiger partial charge is 0.415 e. The first kappa shape index (κ1) is 19.1. The third-order valence-corrected chi connectivity index (χ3v) is 4.57. The van der Waals surface area contributed by atoms with Crippen LogP contribution in [0.25, 0.3) is 0 Å². The number of carbonyl (C=O) groups excluding carboxylic acids is 3. The van der Waals surface area contributed by atoms with Gasteiger partial charge in [-0.05, 0) is 31.5 Å². The largest absolute Gasteiger partial charge is 0.463 e. The van der Waals surface area contributed by atoms with E-state index in [9.17, 15) is 23.2 Å². The van der Waals surface area contributed by atoms with E-state index >= 15 is 0 Å². The number of amides is 2. The van der Waals surface area contributed by atoms with Crippen LogP contribution in [0.5, 0.6) is 0 Å². The Kier molecular flexibility index (Phi) is 5.03. The van der Waals surface area contributed by atoms with E-state index < -0.39 is 35.6 Å². The van der Waals surface area contributed by atoms with Crippen LogP contribution in [0.1, 0.15) is 32.3 Å². The van der Waals surface area contributed by atoms with Crippen molar-refractivity contribution in [1.29, 1.82) is 0 Å².